The van der Waals surface area contributed by atoms with Gasteiger partial charge in [-0.1, -0.05) is 43.6 Å². The molecular formula is C34H31ClFN5O5. The highest BCUT2D eigenvalue weighted by molar-refractivity contribution is 6.31. The van der Waals surface area contributed by atoms with Crippen LogP contribution in [0.25, 0.3) is 22.3 Å². The van der Waals surface area contributed by atoms with Crippen LogP contribution >= 0.6 is 11.6 Å². The van der Waals surface area contributed by atoms with Gasteiger partial charge in [-0.05, 0) is 42.0 Å². The molecule has 1 unspecified atom stereocenters. The number of imidazole rings is 1. The van der Waals surface area contributed by atoms with Gasteiger partial charge in [-0.3, -0.25) is 9.78 Å². The third kappa shape index (κ3) is 6.16. The number of nitrogens with one attached hydrogen (secondary N) is 1. The zero-order chi connectivity index (χ0) is 32.6. The molecule has 0 radical (unpaired) electrons. The van der Waals surface area contributed by atoms with Gasteiger partial charge in [-0.15, -0.1) is 0 Å². The largest absolute Gasteiger partial charge is 0.478 e. The number of benzene rings is 2. The number of fused-ring (bicyclic) bond motifs is 1. The average Bonchev–Trinajstić information content (AvgIpc) is 3.57. The Morgan fingerprint density at radius 2 is 1.96 bits per heavy atom. The number of hydrogen-bond donors (Lipinski definition) is 2. The van der Waals surface area contributed by atoms with Gasteiger partial charge in [0.15, 0.2) is 0 Å². The number of amides is 1. The van der Waals surface area contributed by atoms with Crippen LogP contribution in [0.5, 0.6) is 5.88 Å². The van der Waals surface area contributed by atoms with Gasteiger partial charge in [-0.25, -0.2) is 19.2 Å². The first-order chi connectivity index (χ1) is 22.0. The summed E-state index contributed by atoms with van der Waals surface area (Å²) in [5, 5.41) is 12.4. The quantitative estimate of drug-likeness (QED) is 0.197. The van der Waals surface area contributed by atoms with Gasteiger partial charge < -0.3 is 24.5 Å². The second kappa shape index (κ2) is 12.5. The Labute approximate surface area is 269 Å². The summed E-state index contributed by atoms with van der Waals surface area (Å²) in [4.78, 5) is 37.0. The number of carboxylic acids is 1. The van der Waals surface area contributed by atoms with Crippen molar-refractivity contribution in [1.82, 2.24) is 24.8 Å². The zero-order valence-electron chi connectivity index (χ0n) is 25.4. The number of pyridine rings is 2. The number of carbonyl (C=O) groups excluding carboxylic acids is 1. The molecule has 0 aliphatic carbocycles. The van der Waals surface area contributed by atoms with Crippen molar-refractivity contribution in [2.75, 3.05) is 20.3 Å². The highest BCUT2D eigenvalue weighted by Gasteiger charge is 2.39. The molecule has 12 heteroatoms. The highest BCUT2D eigenvalue weighted by Crippen LogP contribution is 2.40. The molecule has 3 aromatic heterocycles. The first kappa shape index (κ1) is 31.1. The fourth-order valence-electron chi connectivity index (χ4n) is 5.57. The standard InChI is InChI=1S/C34H31ClFN5O5/c1-34(2)18-45-17-29(34)41-28-12-21(33(43)44)9-10-26(28)39-30(41)13-19-7-8-20(11-24(19)36)25-5-4-6-31(40-25)46-16-22-15-38-27(14-23(22)35)32(42)37-3/h4-12,14-15,29H,13,16-18H2,1-3H3,(H,37,42)(H,43,44). The number of aromatic carboxylic acids is 1. The number of halogens is 2. The van der Waals surface area contributed by atoms with Gasteiger partial charge >= 0.3 is 5.97 Å². The number of aromatic nitrogens is 4. The van der Waals surface area contributed by atoms with Gasteiger partial charge in [-0.2, -0.15) is 0 Å². The van der Waals surface area contributed by atoms with Crippen molar-refractivity contribution >= 4 is 34.5 Å². The minimum absolute atomic E-state index is 0.0708. The molecule has 0 saturated carbocycles. The lowest BCUT2D eigenvalue weighted by atomic mass is 9.87. The molecule has 1 amide bonds. The summed E-state index contributed by atoms with van der Waals surface area (Å²) in [5.74, 6) is -0.865. The summed E-state index contributed by atoms with van der Waals surface area (Å²) in [6.45, 7) is 5.24. The number of carboxylic acid groups (broad SMARTS) is 1. The summed E-state index contributed by atoms with van der Waals surface area (Å²) in [6, 6.07) is 16.3. The second-order valence-corrected chi connectivity index (χ2v) is 12.2. The van der Waals surface area contributed by atoms with E-state index in [9.17, 15) is 14.7 Å². The summed E-state index contributed by atoms with van der Waals surface area (Å²) in [6.07, 6.45) is 1.67. The first-order valence-corrected chi connectivity index (χ1v) is 15.0. The van der Waals surface area contributed by atoms with Crippen LogP contribution in [0.2, 0.25) is 5.02 Å². The van der Waals surface area contributed by atoms with Gasteiger partial charge in [0.2, 0.25) is 5.88 Å². The van der Waals surface area contributed by atoms with Crippen LogP contribution in [0.1, 0.15) is 57.7 Å². The van der Waals surface area contributed by atoms with E-state index in [2.05, 4.69) is 29.1 Å². The molecule has 0 bridgehead atoms. The van der Waals surface area contributed by atoms with Crippen LogP contribution < -0.4 is 10.1 Å². The van der Waals surface area contributed by atoms with E-state index < -0.39 is 11.8 Å². The van der Waals surface area contributed by atoms with Crippen molar-refractivity contribution in [3.8, 4) is 17.1 Å². The Balaban J connectivity index is 1.24. The maximum absolute atomic E-state index is 15.7. The van der Waals surface area contributed by atoms with Gasteiger partial charge in [0.25, 0.3) is 5.91 Å². The molecular weight excluding hydrogens is 613 g/mol. The van der Waals surface area contributed by atoms with Gasteiger partial charge in [0, 0.05) is 42.3 Å². The molecule has 5 aromatic rings. The summed E-state index contributed by atoms with van der Waals surface area (Å²) < 4.78 is 29.3. The Morgan fingerprint density at radius 3 is 2.65 bits per heavy atom. The van der Waals surface area contributed by atoms with E-state index in [1.807, 2.05) is 4.57 Å². The molecule has 46 heavy (non-hydrogen) atoms. The summed E-state index contributed by atoms with van der Waals surface area (Å²) in [7, 11) is 1.51. The average molecular weight is 644 g/mol. The lowest BCUT2D eigenvalue weighted by molar-refractivity contribution is 0.0696. The van der Waals surface area contributed by atoms with Crippen molar-refractivity contribution in [2.45, 2.75) is 32.9 Å². The molecule has 0 spiro atoms. The van der Waals surface area contributed by atoms with Crippen molar-refractivity contribution in [1.29, 1.82) is 0 Å². The maximum Gasteiger partial charge on any atom is 0.335 e. The fourth-order valence-corrected chi connectivity index (χ4v) is 5.78. The maximum atomic E-state index is 15.7. The Kier molecular flexibility index (Phi) is 8.45. The molecule has 1 aliphatic heterocycles. The molecule has 2 aromatic carbocycles. The summed E-state index contributed by atoms with van der Waals surface area (Å²) in [5.41, 5.74) is 3.52. The van der Waals surface area contributed by atoms with Crippen molar-refractivity contribution in [3.63, 3.8) is 0 Å². The third-order valence-corrected chi connectivity index (χ3v) is 8.51. The third-order valence-electron chi connectivity index (χ3n) is 8.16. The lowest BCUT2D eigenvalue weighted by Crippen LogP contribution is -2.27. The van der Waals surface area contributed by atoms with Crippen LogP contribution in [-0.2, 0) is 17.8 Å². The minimum Gasteiger partial charge on any atom is -0.478 e. The molecule has 1 aliphatic rings. The molecule has 1 atom stereocenters. The zero-order valence-corrected chi connectivity index (χ0v) is 26.1. The number of hydrogen-bond acceptors (Lipinski definition) is 7. The topological polar surface area (TPSA) is 128 Å². The van der Waals surface area contributed by atoms with Crippen LogP contribution in [0.15, 0.2) is 66.9 Å². The first-order valence-electron chi connectivity index (χ1n) is 14.6. The molecule has 6 rings (SSSR count). The van der Waals surface area contributed by atoms with Crippen molar-refractivity contribution in [3.05, 3.63) is 106 Å². The number of rotatable bonds is 9. The Bertz CT molecular complexity index is 1980. The lowest BCUT2D eigenvalue weighted by Gasteiger charge is -2.28. The molecule has 2 N–H and O–H groups in total. The molecule has 1 saturated heterocycles. The van der Waals surface area contributed by atoms with E-state index in [1.54, 1.807) is 42.5 Å². The molecule has 10 nitrogen and oxygen atoms in total. The molecule has 4 heterocycles. The Morgan fingerprint density at radius 1 is 1.13 bits per heavy atom. The number of nitrogens with zero attached hydrogens (tertiary/aromatic N) is 4. The van der Waals surface area contributed by atoms with Crippen LogP contribution in [0.4, 0.5) is 4.39 Å². The number of carbonyl (C=O) groups is 2. The monoisotopic (exact) mass is 643 g/mol. The predicted molar refractivity (Wildman–Crippen MR) is 170 cm³/mol. The van der Waals surface area contributed by atoms with Crippen molar-refractivity contribution in [2.24, 2.45) is 5.41 Å². The van der Waals surface area contributed by atoms with E-state index in [1.165, 1.54) is 31.4 Å². The van der Waals surface area contributed by atoms with E-state index in [4.69, 9.17) is 26.1 Å². The SMILES string of the molecule is CNC(=O)c1cc(Cl)c(COc2cccc(-c3ccc(Cc4nc5ccc(C(=O)O)cc5n4C4COCC4(C)C)c(F)c3)n2)cn1. The van der Waals surface area contributed by atoms with E-state index >= 15 is 4.39 Å². The minimum atomic E-state index is -1.03. The van der Waals surface area contributed by atoms with E-state index in [0.717, 1.165) is 0 Å². The Hall–Kier alpha value is -4.87. The van der Waals surface area contributed by atoms with Crippen LogP contribution in [-0.4, -0.2) is 56.8 Å². The molecule has 1 fully saturated rings. The fraction of sp³-hybridized carbons (Fsp3) is 0.265. The normalized spacial score (nSPS) is 15.6. The van der Waals surface area contributed by atoms with Crippen LogP contribution in [0.3, 0.4) is 0 Å². The predicted octanol–water partition coefficient (Wildman–Crippen LogP) is 6.11. The van der Waals surface area contributed by atoms with Gasteiger partial charge in [0.1, 0.15) is 23.9 Å². The van der Waals surface area contributed by atoms with Crippen LogP contribution in [0, 0.1) is 11.2 Å². The van der Waals surface area contributed by atoms with E-state index in [-0.39, 0.29) is 41.6 Å². The van der Waals surface area contributed by atoms with Gasteiger partial charge in [0.05, 0.1) is 46.6 Å². The summed E-state index contributed by atoms with van der Waals surface area (Å²) >= 11 is 6.32. The second-order valence-electron chi connectivity index (χ2n) is 11.8. The van der Waals surface area contributed by atoms with E-state index in [0.29, 0.717) is 63.4 Å². The van der Waals surface area contributed by atoms with Crippen molar-refractivity contribution < 1.29 is 28.6 Å². The molecule has 236 valence electrons. The highest BCUT2D eigenvalue weighted by atomic mass is 35.5. The smallest absolute Gasteiger partial charge is 0.335 e. The number of ether oxygens (including phenoxy) is 2.